The van der Waals surface area contributed by atoms with Gasteiger partial charge in [-0.05, 0) is 25.0 Å². The van der Waals surface area contributed by atoms with Gasteiger partial charge in [-0.3, -0.25) is 19.8 Å². The predicted octanol–water partition coefficient (Wildman–Crippen LogP) is 0.818. The van der Waals surface area contributed by atoms with Gasteiger partial charge in [0.15, 0.2) is 0 Å². The van der Waals surface area contributed by atoms with Crippen LogP contribution >= 0.6 is 0 Å². The molecule has 10 heteroatoms. The molecule has 4 amide bonds. The zero-order valence-corrected chi connectivity index (χ0v) is 18.3. The summed E-state index contributed by atoms with van der Waals surface area (Å²) >= 11 is 0. The predicted molar refractivity (Wildman–Crippen MR) is 117 cm³/mol. The van der Waals surface area contributed by atoms with Gasteiger partial charge in [0.2, 0.25) is 11.9 Å². The van der Waals surface area contributed by atoms with Crippen molar-refractivity contribution in [3.63, 3.8) is 0 Å². The summed E-state index contributed by atoms with van der Waals surface area (Å²) < 4.78 is 0. The van der Waals surface area contributed by atoms with E-state index in [9.17, 15) is 14.4 Å². The fourth-order valence-corrected chi connectivity index (χ4v) is 3.60. The first kappa shape index (κ1) is 22.7. The van der Waals surface area contributed by atoms with E-state index < -0.39 is 11.9 Å². The molecule has 2 saturated heterocycles. The first-order chi connectivity index (χ1) is 15.0. The number of unbranched alkanes of at least 4 members (excludes halogenated alkanes) is 1. The lowest BCUT2D eigenvalue weighted by molar-refractivity contribution is -0.132. The van der Waals surface area contributed by atoms with Gasteiger partial charge in [0.05, 0.1) is 12.2 Å². The van der Waals surface area contributed by atoms with E-state index in [1.165, 1.54) is 6.08 Å². The lowest BCUT2D eigenvalue weighted by Gasteiger charge is -2.35. The Kier molecular flexibility index (Phi) is 7.94. The molecule has 10 nitrogen and oxygen atoms in total. The van der Waals surface area contributed by atoms with Crippen LogP contribution in [0.1, 0.15) is 38.8 Å². The van der Waals surface area contributed by atoms with Gasteiger partial charge in [0.25, 0.3) is 5.91 Å². The Labute approximate surface area is 182 Å². The quantitative estimate of drug-likeness (QED) is 0.442. The number of hydrogen-bond acceptors (Lipinski definition) is 7. The van der Waals surface area contributed by atoms with E-state index >= 15 is 0 Å². The monoisotopic (exact) mass is 429 g/mol. The largest absolute Gasteiger partial charge is 0.342 e. The second kappa shape index (κ2) is 10.9. The number of carbonyl (C=O) groups is 3. The third kappa shape index (κ3) is 6.24. The minimum Gasteiger partial charge on any atom is -0.342 e. The molecule has 2 fully saturated rings. The maximum absolute atomic E-state index is 12.7. The number of nitrogens with zero attached hydrogens (tertiary/aromatic N) is 5. The maximum Gasteiger partial charge on any atom is 0.326 e. The topological polar surface area (TPSA) is 111 Å². The highest BCUT2D eigenvalue weighted by atomic mass is 16.2. The summed E-state index contributed by atoms with van der Waals surface area (Å²) in [7, 11) is 0. The van der Waals surface area contributed by atoms with Crippen molar-refractivity contribution >= 4 is 29.9 Å². The molecule has 2 N–H and O–H groups in total. The molecule has 0 spiro atoms. The van der Waals surface area contributed by atoms with E-state index in [-0.39, 0.29) is 11.6 Å². The number of hydrogen-bond donors (Lipinski definition) is 2. The summed E-state index contributed by atoms with van der Waals surface area (Å²) in [4.78, 5) is 50.7. The third-order valence-electron chi connectivity index (χ3n) is 5.32. The number of anilines is 1. The maximum atomic E-state index is 12.7. The van der Waals surface area contributed by atoms with Crippen LogP contribution in [0.2, 0.25) is 0 Å². The van der Waals surface area contributed by atoms with Crippen molar-refractivity contribution in [3.05, 3.63) is 23.7 Å². The van der Waals surface area contributed by atoms with Gasteiger partial charge in [-0.1, -0.05) is 20.3 Å². The molecule has 0 unspecified atom stereocenters. The van der Waals surface area contributed by atoms with E-state index in [1.807, 2.05) is 4.90 Å². The molecule has 0 saturated carbocycles. The molecule has 2 aliphatic rings. The molecule has 0 aromatic carbocycles. The van der Waals surface area contributed by atoms with Crippen molar-refractivity contribution in [1.29, 1.82) is 0 Å². The number of carbonyl (C=O) groups excluding carboxylic acids is 3. The van der Waals surface area contributed by atoms with Gasteiger partial charge in [0, 0.05) is 45.5 Å². The molecule has 0 atom stereocenters. The van der Waals surface area contributed by atoms with Crippen molar-refractivity contribution in [3.8, 4) is 0 Å². The fourth-order valence-electron chi connectivity index (χ4n) is 3.60. The Morgan fingerprint density at radius 3 is 2.55 bits per heavy atom. The molecule has 0 radical (unpaired) electrons. The second-order valence-corrected chi connectivity index (χ2v) is 7.75. The first-order valence-electron chi connectivity index (χ1n) is 10.9. The molecule has 1 aromatic rings. The SMILES string of the molecule is CCCCN(CCC)C(=O)CN1CCN(c2nccc(C=C3NC(=O)NC3=O)n2)CC1. The van der Waals surface area contributed by atoms with Crippen LogP contribution in [0.5, 0.6) is 0 Å². The fraction of sp³-hybridized carbons (Fsp3) is 0.571. The molecule has 3 rings (SSSR count). The van der Waals surface area contributed by atoms with E-state index in [1.54, 1.807) is 12.3 Å². The number of piperazine rings is 1. The van der Waals surface area contributed by atoms with Crippen LogP contribution in [0.3, 0.4) is 0 Å². The van der Waals surface area contributed by atoms with Crippen LogP contribution < -0.4 is 15.5 Å². The van der Waals surface area contributed by atoms with Crippen molar-refractivity contribution in [2.45, 2.75) is 33.1 Å². The smallest absolute Gasteiger partial charge is 0.326 e. The highest BCUT2D eigenvalue weighted by molar-refractivity contribution is 6.13. The van der Waals surface area contributed by atoms with Gasteiger partial charge in [-0.2, -0.15) is 0 Å². The summed E-state index contributed by atoms with van der Waals surface area (Å²) in [6.45, 7) is 9.27. The second-order valence-electron chi connectivity index (χ2n) is 7.75. The molecule has 0 aliphatic carbocycles. The van der Waals surface area contributed by atoms with Crippen molar-refractivity contribution in [1.82, 2.24) is 30.4 Å². The van der Waals surface area contributed by atoms with Crippen LogP contribution in [0, 0.1) is 0 Å². The lowest BCUT2D eigenvalue weighted by Crippen LogP contribution is -2.50. The third-order valence-corrected chi connectivity index (χ3v) is 5.32. The van der Waals surface area contributed by atoms with Gasteiger partial charge in [0.1, 0.15) is 5.70 Å². The van der Waals surface area contributed by atoms with Crippen LogP contribution in [0.25, 0.3) is 6.08 Å². The van der Waals surface area contributed by atoms with Crippen molar-refractivity contribution < 1.29 is 14.4 Å². The van der Waals surface area contributed by atoms with E-state index in [4.69, 9.17) is 0 Å². The van der Waals surface area contributed by atoms with Crippen molar-refractivity contribution in [2.75, 3.05) is 50.7 Å². The standard InChI is InChI=1S/C21H31N7O3/c1-3-5-9-27(8-4-2)18(29)15-26-10-12-28(13-11-26)20-22-7-6-16(23-20)14-17-19(30)25-21(31)24-17/h6-7,14H,3-5,8-13,15H2,1-2H3,(H2,24,25,30,31). The molecule has 0 bridgehead atoms. The number of amides is 4. The minimum atomic E-state index is -0.539. The van der Waals surface area contributed by atoms with E-state index in [2.05, 4.69) is 44.2 Å². The van der Waals surface area contributed by atoms with Gasteiger partial charge in [-0.25, -0.2) is 14.8 Å². The first-order valence-corrected chi connectivity index (χ1v) is 10.9. The van der Waals surface area contributed by atoms with E-state index in [0.29, 0.717) is 31.3 Å². The van der Waals surface area contributed by atoms with Crippen molar-refractivity contribution in [2.24, 2.45) is 0 Å². The van der Waals surface area contributed by atoms with Gasteiger partial charge in [-0.15, -0.1) is 0 Å². The van der Waals surface area contributed by atoms with Crippen LogP contribution in [0.15, 0.2) is 18.0 Å². The molecule has 3 heterocycles. The average Bonchev–Trinajstić information content (AvgIpc) is 3.08. The Bertz CT molecular complexity index is 834. The molecular weight excluding hydrogens is 398 g/mol. The summed E-state index contributed by atoms with van der Waals surface area (Å²) in [6.07, 6.45) is 6.25. The summed E-state index contributed by atoms with van der Waals surface area (Å²) in [5, 5.41) is 4.62. The Morgan fingerprint density at radius 1 is 1.13 bits per heavy atom. The average molecular weight is 430 g/mol. The van der Waals surface area contributed by atoms with Crippen LogP contribution in [0.4, 0.5) is 10.7 Å². The molecule has 2 aliphatic heterocycles. The number of imide groups is 1. The normalized spacial score (nSPS) is 18.3. The summed E-state index contributed by atoms with van der Waals surface area (Å²) in [6, 6.07) is 1.14. The molecule has 1 aromatic heterocycles. The molecular formula is C21H31N7O3. The zero-order valence-electron chi connectivity index (χ0n) is 18.3. The highest BCUT2D eigenvalue weighted by Gasteiger charge is 2.24. The lowest BCUT2D eigenvalue weighted by atomic mass is 10.2. The van der Waals surface area contributed by atoms with Gasteiger partial charge >= 0.3 is 6.03 Å². The summed E-state index contributed by atoms with van der Waals surface area (Å²) in [5.74, 6) is 0.297. The molecule has 168 valence electrons. The van der Waals surface area contributed by atoms with E-state index in [0.717, 1.165) is 45.4 Å². The number of urea groups is 1. The van der Waals surface area contributed by atoms with Gasteiger partial charge < -0.3 is 15.1 Å². The van der Waals surface area contributed by atoms with Crippen LogP contribution in [-0.4, -0.2) is 83.4 Å². The number of rotatable bonds is 9. The number of aromatic nitrogens is 2. The Balaban J connectivity index is 1.55. The number of nitrogens with one attached hydrogen (secondary N) is 2. The zero-order chi connectivity index (χ0) is 22.2. The highest BCUT2D eigenvalue weighted by Crippen LogP contribution is 2.14. The summed E-state index contributed by atoms with van der Waals surface area (Å²) in [5.41, 5.74) is 0.707. The molecule has 31 heavy (non-hydrogen) atoms. The van der Waals surface area contributed by atoms with Crippen LogP contribution in [-0.2, 0) is 9.59 Å². The minimum absolute atomic E-state index is 0.165. The Morgan fingerprint density at radius 2 is 1.90 bits per heavy atom. The Hall–Kier alpha value is -3.01.